The van der Waals surface area contributed by atoms with E-state index >= 15 is 0 Å². The Bertz CT molecular complexity index is 907. The Morgan fingerprint density at radius 1 is 1.25 bits per heavy atom. The summed E-state index contributed by atoms with van der Waals surface area (Å²) >= 11 is 1.49. The monoisotopic (exact) mass is 403 g/mol. The summed E-state index contributed by atoms with van der Waals surface area (Å²) in [6, 6.07) is 0. The molecule has 2 aromatic heterocycles. The summed E-state index contributed by atoms with van der Waals surface area (Å²) in [7, 11) is 0. The van der Waals surface area contributed by atoms with E-state index in [9.17, 15) is 14.7 Å². The molecule has 0 radical (unpaired) electrons. The highest BCUT2D eigenvalue weighted by Crippen LogP contribution is 2.46. The number of carboxylic acids is 1. The van der Waals surface area contributed by atoms with Crippen LogP contribution in [0.2, 0.25) is 0 Å². The fourth-order valence-corrected chi connectivity index (χ4v) is 5.26. The van der Waals surface area contributed by atoms with Crippen LogP contribution in [0.4, 0.5) is 5.00 Å². The van der Waals surface area contributed by atoms with Crippen molar-refractivity contribution >= 4 is 28.2 Å². The summed E-state index contributed by atoms with van der Waals surface area (Å²) in [4.78, 5) is 29.7. The number of carbonyl (C=O) groups is 2. The Hall–Kier alpha value is -2.22. The van der Waals surface area contributed by atoms with Crippen LogP contribution >= 0.6 is 11.3 Å². The number of carbonyl (C=O) groups excluding carboxylic acids is 1. The second kappa shape index (κ2) is 7.31. The van der Waals surface area contributed by atoms with Gasteiger partial charge in [0.2, 0.25) is 5.91 Å². The maximum atomic E-state index is 12.8. The molecule has 2 fully saturated rings. The molecule has 7 nitrogen and oxygen atoms in total. The standard InChI is InChI=1S/C20H25N3O4S/c1-11-12(2)28-19(16(11)18-22-17(23-27-18)13-5-6-13)21-14(24)9-20(10-15(25)26)7-3-4-8-20/h13H,3-10H2,1-2H3,(H,21,24)(H,25,26). The highest BCUT2D eigenvalue weighted by molar-refractivity contribution is 7.17. The SMILES string of the molecule is Cc1sc(NC(=O)CC2(CC(=O)O)CCCC2)c(-c2nc(C3CC3)no2)c1C. The number of carboxylic acid groups (broad SMARTS) is 1. The van der Waals surface area contributed by atoms with Crippen molar-refractivity contribution in [3.05, 3.63) is 16.3 Å². The van der Waals surface area contributed by atoms with E-state index in [1.165, 1.54) is 11.3 Å². The zero-order chi connectivity index (χ0) is 19.9. The number of anilines is 1. The Balaban J connectivity index is 1.55. The summed E-state index contributed by atoms with van der Waals surface area (Å²) in [6.45, 7) is 3.99. The molecule has 2 aromatic rings. The molecular weight excluding hydrogens is 378 g/mol. The summed E-state index contributed by atoms with van der Waals surface area (Å²) in [6.07, 6.45) is 6.00. The second-order valence-electron chi connectivity index (χ2n) is 8.22. The number of hydrogen-bond acceptors (Lipinski definition) is 6. The van der Waals surface area contributed by atoms with E-state index in [4.69, 9.17) is 4.52 Å². The van der Waals surface area contributed by atoms with Crippen molar-refractivity contribution in [2.45, 2.75) is 71.1 Å². The van der Waals surface area contributed by atoms with Gasteiger partial charge in [-0.2, -0.15) is 4.98 Å². The van der Waals surface area contributed by atoms with Gasteiger partial charge < -0.3 is 14.9 Å². The first-order valence-corrected chi connectivity index (χ1v) is 10.6. The van der Waals surface area contributed by atoms with Gasteiger partial charge in [0, 0.05) is 17.2 Å². The molecule has 28 heavy (non-hydrogen) atoms. The van der Waals surface area contributed by atoms with Crippen molar-refractivity contribution in [2.24, 2.45) is 5.41 Å². The number of aryl methyl sites for hydroxylation is 1. The van der Waals surface area contributed by atoms with Crippen LogP contribution in [0.3, 0.4) is 0 Å². The normalized spacial score (nSPS) is 18.4. The van der Waals surface area contributed by atoms with Gasteiger partial charge in [-0.3, -0.25) is 9.59 Å². The van der Waals surface area contributed by atoms with Crippen LogP contribution in [0, 0.1) is 19.3 Å². The zero-order valence-corrected chi connectivity index (χ0v) is 17.0. The first kappa shape index (κ1) is 19.1. The van der Waals surface area contributed by atoms with Crippen LogP contribution in [0.1, 0.15) is 73.5 Å². The lowest BCUT2D eigenvalue weighted by molar-refractivity contribution is -0.140. The van der Waals surface area contributed by atoms with Crippen LogP contribution in [-0.2, 0) is 9.59 Å². The van der Waals surface area contributed by atoms with E-state index in [1.54, 1.807) is 0 Å². The molecule has 2 aliphatic carbocycles. The molecule has 0 spiro atoms. The Morgan fingerprint density at radius 3 is 2.61 bits per heavy atom. The van der Waals surface area contributed by atoms with Crippen molar-refractivity contribution < 1.29 is 19.2 Å². The highest BCUT2D eigenvalue weighted by Gasteiger charge is 2.38. The van der Waals surface area contributed by atoms with Gasteiger partial charge in [-0.25, -0.2) is 0 Å². The van der Waals surface area contributed by atoms with Crippen molar-refractivity contribution in [1.82, 2.24) is 10.1 Å². The molecule has 0 bridgehead atoms. The van der Waals surface area contributed by atoms with Crippen LogP contribution in [-0.4, -0.2) is 27.1 Å². The number of aromatic nitrogens is 2. The van der Waals surface area contributed by atoms with E-state index in [0.29, 0.717) is 16.8 Å². The van der Waals surface area contributed by atoms with E-state index in [0.717, 1.165) is 60.4 Å². The van der Waals surface area contributed by atoms with Crippen molar-refractivity contribution in [3.63, 3.8) is 0 Å². The quantitative estimate of drug-likeness (QED) is 0.697. The lowest BCUT2D eigenvalue weighted by atomic mass is 9.79. The fourth-order valence-electron chi connectivity index (χ4n) is 4.19. The molecule has 0 saturated heterocycles. The van der Waals surface area contributed by atoms with Gasteiger partial charge >= 0.3 is 5.97 Å². The third kappa shape index (κ3) is 3.83. The van der Waals surface area contributed by atoms with Gasteiger partial charge in [-0.05, 0) is 50.5 Å². The average Bonchev–Trinajstić information content (AvgIpc) is 3.07. The molecule has 0 atom stereocenters. The van der Waals surface area contributed by atoms with Gasteiger partial charge in [-0.1, -0.05) is 18.0 Å². The molecule has 2 aliphatic rings. The molecule has 0 aliphatic heterocycles. The molecule has 150 valence electrons. The Morgan fingerprint density at radius 2 is 1.96 bits per heavy atom. The van der Waals surface area contributed by atoms with Gasteiger partial charge in [-0.15, -0.1) is 11.3 Å². The van der Waals surface area contributed by atoms with Gasteiger partial charge in [0.15, 0.2) is 5.82 Å². The molecule has 0 aromatic carbocycles. The second-order valence-corrected chi connectivity index (χ2v) is 9.45. The first-order valence-electron chi connectivity index (χ1n) is 9.82. The summed E-state index contributed by atoms with van der Waals surface area (Å²) < 4.78 is 5.49. The lowest BCUT2D eigenvalue weighted by Crippen LogP contribution is -2.27. The average molecular weight is 404 g/mol. The maximum Gasteiger partial charge on any atom is 0.303 e. The minimum atomic E-state index is -0.836. The Kier molecular flexibility index (Phi) is 4.99. The maximum absolute atomic E-state index is 12.8. The molecule has 1 amide bonds. The number of hydrogen-bond donors (Lipinski definition) is 2. The van der Waals surface area contributed by atoms with Crippen molar-refractivity contribution in [3.8, 4) is 11.5 Å². The number of rotatable bonds is 7. The van der Waals surface area contributed by atoms with E-state index < -0.39 is 11.4 Å². The minimum absolute atomic E-state index is 0.0458. The molecule has 4 rings (SSSR count). The largest absolute Gasteiger partial charge is 0.481 e. The van der Waals surface area contributed by atoms with Gasteiger partial charge in [0.1, 0.15) is 5.00 Å². The topological polar surface area (TPSA) is 105 Å². The van der Waals surface area contributed by atoms with Crippen molar-refractivity contribution in [1.29, 1.82) is 0 Å². The van der Waals surface area contributed by atoms with Gasteiger partial charge in [0.25, 0.3) is 5.89 Å². The molecule has 0 unspecified atom stereocenters. The molecule has 2 N–H and O–H groups in total. The van der Waals surface area contributed by atoms with E-state index in [-0.39, 0.29) is 18.7 Å². The van der Waals surface area contributed by atoms with E-state index in [1.807, 2.05) is 13.8 Å². The highest BCUT2D eigenvalue weighted by atomic mass is 32.1. The van der Waals surface area contributed by atoms with Crippen LogP contribution in [0.25, 0.3) is 11.5 Å². The summed E-state index contributed by atoms with van der Waals surface area (Å²) in [5, 5.41) is 17.1. The predicted molar refractivity (Wildman–Crippen MR) is 105 cm³/mol. The molecule has 2 saturated carbocycles. The summed E-state index contributed by atoms with van der Waals surface area (Å²) in [5.74, 6) is 0.597. The number of nitrogens with zero attached hydrogens (tertiary/aromatic N) is 2. The van der Waals surface area contributed by atoms with Crippen LogP contribution in [0.15, 0.2) is 4.52 Å². The predicted octanol–water partition coefficient (Wildman–Crippen LogP) is 4.66. The zero-order valence-electron chi connectivity index (χ0n) is 16.2. The first-order chi connectivity index (χ1) is 13.4. The number of nitrogens with one attached hydrogen (secondary N) is 1. The van der Waals surface area contributed by atoms with Crippen molar-refractivity contribution in [2.75, 3.05) is 5.32 Å². The van der Waals surface area contributed by atoms with Crippen LogP contribution in [0.5, 0.6) is 0 Å². The summed E-state index contributed by atoms with van der Waals surface area (Å²) in [5.41, 5.74) is 1.38. The third-order valence-corrected chi connectivity index (χ3v) is 7.09. The third-order valence-electron chi connectivity index (χ3n) is 5.96. The van der Waals surface area contributed by atoms with Gasteiger partial charge in [0.05, 0.1) is 12.0 Å². The van der Waals surface area contributed by atoms with Crippen LogP contribution < -0.4 is 5.32 Å². The smallest absolute Gasteiger partial charge is 0.303 e. The lowest BCUT2D eigenvalue weighted by Gasteiger charge is -2.26. The molecular formula is C20H25N3O4S. The number of thiophene rings is 1. The minimum Gasteiger partial charge on any atom is -0.481 e. The Labute approximate surface area is 167 Å². The fraction of sp³-hybridized carbons (Fsp3) is 0.600. The molecule has 8 heteroatoms. The number of aliphatic carboxylic acids is 1. The number of amides is 1. The molecule has 2 heterocycles. The van der Waals surface area contributed by atoms with E-state index in [2.05, 4.69) is 15.5 Å².